The highest BCUT2D eigenvalue weighted by atomic mass is 32.1. The Morgan fingerprint density at radius 3 is 3.18 bits per heavy atom. The van der Waals surface area contributed by atoms with Crippen molar-refractivity contribution in [2.75, 3.05) is 6.54 Å². The van der Waals surface area contributed by atoms with E-state index in [-0.39, 0.29) is 12.1 Å². The summed E-state index contributed by atoms with van der Waals surface area (Å²) in [7, 11) is 0. The van der Waals surface area contributed by atoms with E-state index in [9.17, 15) is 9.90 Å². The van der Waals surface area contributed by atoms with Crippen molar-refractivity contribution in [1.29, 1.82) is 0 Å². The predicted molar refractivity (Wildman–Crippen MR) is 84.6 cm³/mol. The Kier molecular flexibility index (Phi) is 4.80. The quantitative estimate of drug-likeness (QED) is 0.889. The highest BCUT2D eigenvalue weighted by Crippen LogP contribution is 2.27. The molecule has 2 atom stereocenters. The number of nitrogens with zero attached hydrogens (tertiary/aromatic N) is 1. The van der Waals surface area contributed by atoms with E-state index >= 15 is 0 Å². The van der Waals surface area contributed by atoms with E-state index in [2.05, 4.69) is 5.32 Å². The van der Waals surface area contributed by atoms with Crippen LogP contribution in [0.1, 0.15) is 36.7 Å². The summed E-state index contributed by atoms with van der Waals surface area (Å²) < 4.78 is 5.23. The molecule has 1 saturated heterocycles. The van der Waals surface area contributed by atoms with Crippen molar-refractivity contribution < 1.29 is 14.3 Å². The molecule has 6 heteroatoms. The first kappa shape index (κ1) is 15.1. The molecule has 0 unspecified atom stereocenters. The highest BCUT2D eigenvalue weighted by molar-refractivity contribution is 7.07. The first-order valence-corrected chi connectivity index (χ1v) is 8.45. The van der Waals surface area contributed by atoms with E-state index in [0.717, 1.165) is 24.9 Å². The standard InChI is InChI=1S/C16H20N2O3S/c19-14(15-4-2-7-21-15)9-13-3-1-6-18(13)16(20)17-10-12-5-8-22-11-12/h2,4-5,7-8,11,13-14,19H,1,3,6,9-10H2,(H,17,20)/t13-,14-/m0/s1. The maximum Gasteiger partial charge on any atom is 0.317 e. The molecule has 118 valence electrons. The number of hydrogen-bond acceptors (Lipinski definition) is 4. The molecule has 0 aromatic carbocycles. The van der Waals surface area contributed by atoms with Crippen LogP contribution in [0.25, 0.3) is 0 Å². The van der Waals surface area contributed by atoms with E-state index in [1.165, 1.54) is 0 Å². The summed E-state index contributed by atoms with van der Waals surface area (Å²) in [4.78, 5) is 14.2. The van der Waals surface area contributed by atoms with Gasteiger partial charge in [-0.15, -0.1) is 0 Å². The Morgan fingerprint density at radius 2 is 2.45 bits per heavy atom. The average Bonchev–Trinajstić information content (AvgIpc) is 3.25. The van der Waals surface area contributed by atoms with Crippen molar-refractivity contribution >= 4 is 17.4 Å². The molecule has 0 aliphatic carbocycles. The summed E-state index contributed by atoms with van der Waals surface area (Å²) in [6, 6.07) is 5.54. The number of urea groups is 1. The second-order valence-corrected chi connectivity index (χ2v) is 6.33. The van der Waals surface area contributed by atoms with Crippen LogP contribution in [-0.2, 0) is 6.54 Å². The molecule has 0 bridgehead atoms. The lowest BCUT2D eigenvalue weighted by atomic mass is 10.1. The Bertz CT molecular complexity index is 583. The number of likely N-dealkylation sites (tertiary alicyclic amines) is 1. The van der Waals surface area contributed by atoms with E-state index in [1.54, 1.807) is 29.7 Å². The van der Waals surface area contributed by atoms with Gasteiger partial charge < -0.3 is 19.7 Å². The molecule has 2 N–H and O–H groups in total. The molecular formula is C16H20N2O3S. The molecule has 2 aromatic heterocycles. The molecule has 5 nitrogen and oxygen atoms in total. The zero-order chi connectivity index (χ0) is 15.4. The maximum absolute atomic E-state index is 12.3. The van der Waals surface area contributed by atoms with Crippen LogP contribution in [-0.4, -0.2) is 28.6 Å². The van der Waals surface area contributed by atoms with Crippen LogP contribution in [0.3, 0.4) is 0 Å². The largest absolute Gasteiger partial charge is 0.467 e. The van der Waals surface area contributed by atoms with Crippen LogP contribution >= 0.6 is 11.3 Å². The van der Waals surface area contributed by atoms with Crippen LogP contribution in [0, 0.1) is 0 Å². The van der Waals surface area contributed by atoms with Gasteiger partial charge in [0.15, 0.2) is 0 Å². The zero-order valence-corrected chi connectivity index (χ0v) is 13.1. The zero-order valence-electron chi connectivity index (χ0n) is 12.3. The lowest BCUT2D eigenvalue weighted by molar-refractivity contribution is 0.108. The predicted octanol–water partition coefficient (Wildman–Crippen LogP) is 3.14. The Labute approximate surface area is 133 Å². The van der Waals surface area contributed by atoms with Gasteiger partial charge in [-0.25, -0.2) is 4.79 Å². The van der Waals surface area contributed by atoms with Crippen LogP contribution in [0.5, 0.6) is 0 Å². The van der Waals surface area contributed by atoms with Crippen molar-refractivity contribution in [3.63, 3.8) is 0 Å². The number of rotatable bonds is 5. The molecule has 1 fully saturated rings. The molecular weight excluding hydrogens is 300 g/mol. The SMILES string of the molecule is O=C(NCc1ccsc1)N1CCC[C@H]1C[C@H](O)c1ccco1. The average molecular weight is 320 g/mol. The lowest BCUT2D eigenvalue weighted by Gasteiger charge is -2.26. The smallest absolute Gasteiger partial charge is 0.317 e. The van der Waals surface area contributed by atoms with Crippen molar-refractivity contribution in [3.05, 3.63) is 46.5 Å². The fourth-order valence-electron chi connectivity index (χ4n) is 2.88. The molecule has 1 aliphatic heterocycles. The number of hydrogen-bond donors (Lipinski definition) is 2. The Balaban J connectivity index is 1.54. The van der Waals surface area contributed by atoms with Gasteiger partial charge in [0.2, 0.25) is 0 Å². The first-order chi connectivity index (χ1) is 10.7. The van der Waals surface area contributed by atoms with Gasteiger partial charge in [0.25, 0.3) is 0 Å². The van der Waals surface area contributed by atoms with E-state index in [4.69, 9.17) is 4.42 Å². The van der Waals surface area contributed by atoms with Crippen LogP contribution in [0.2, 0.25) is 0 Å². The van der Waals surface area contributed by atoms with Gasteiger partial charge in [0.1, 0.15) is 11.9 Å². The number of carbonyl (C=O) groups is 1. The van der Waals surface area contributed by atoms with Gasteiger partial charge in [-0.05, 0) is 47.4 Å². The van der Waals surface area contributed by atoms with Gasteiger partial charge in [0, 0.05) is 25.6 Å². The van der Waals surface area contributed by atoms with Crippen molar-refractivity contribution in [2.24, 2.45) is 0 Å². The van der Waals surface area contributed by atoms with Gasteiger partial charge >= 0.3 is 6.03 Å². The summed E-state index contributed by atoms with van der Waals surface area (Å²) in [5.74, 6) is 0.561. The number of aliphatic hydroxyl groups excluding tert-OH is 1. The second kappa shape index (κ2) is 6.98. The van der Waals surface area contributed by atoms with E-state index in [0.29, 0.717) is 18.7 Å². The normalized spacial score (nSPS) is 19.3. The molecule has 22 heavy (non-hydrogen) atoms. The number of aliphatic hydroxyl groups is 1. The third-order valence-corrected chi connectivity index (χ3v) is 4.76. The summed E-state index contributed by atoms with van der Waals surface area (Å²) in [5, 5.41) is 17.2. The van der Waals surface area contributed by atoms with E-state index in [1.807, 2.05) is 21.7 Å². The van der Waals surface area contributed by atoms with Gasteiger partial charge in [0.05, 0.1) is 6.26 Å². The highest BCUT2D eigenvalue weighted by Gasteiger charge is 2.31. The molecule has 1 aliphatic rings. The fraction of sp³-hybridized carbons (Fsp3) is 0.438. The maximum atomic E-state index is 12.3. The number of thiophene rings is 1. The van der Waals surface area contributed by atoms with Crippen molar-refractivity contribution in [3.8, 4) is 0 Å². The van der Waals surface area contributed by atoms with Gasteiger partial charge in [-0.1, -0.05) is 0 Å². The van der Waals surface area contributed by atoms with Crippen molar-refractivity contribution in [2.45, 2.75) is 38.0 Å². The minimum absolute atomic E-state index is 0.0552. The molecule has 3 heterocycles. The molecule has 0 radical (unpaired) electrons. The number of furan rings is 1. The third kappa shape index (κ3) is 3.51. The first-order valence-electron chi connectivity index (χ1n) is 7.51. The second-order valence-electron chi connectivity index (χ2n) is 5.55. The molecule has 0 saturated carbocycles. The lowest BCUT2D eigenvalue weighted by Crippen LogP contribution is -2.43. The Hall–Kier alpha value is -1.79. The van der Waals surface area contributed by atoms with Crippen LogP contribution in [0.4, 0.5) is 4.79 Å². The van der Waals surface area contributed by atoms with E-state index < -0.39 is 6.10 Å². The molecule has 3 rings (SSSR count). The summed E-state index contributed by atoms with van der Waals surface area (Å²) in [6.45, 7) is 1.29. The number of carbonyl (C=O) groups excluding carboxylic acids is 1. The fourth-order valence-corrected chi connectivity index (χ4v) is 3.54. The minimum atomic E-state index is -0.662. The number of amides is 2. The number of nitrogens with one attached hydrogen (secondary N) is 1. The van der Waals surface area contributed by atoms with Crippen LogP contribution in [0.15, 0.2) is 39.6 Å². The minimum Gasteiger partial charge on any atom is -0.467 e. The van der Waals surface area contributed by atoms with Gasteiger partial charge in [-0.2, -0.15) is 11.3 Å². The molecule has 2 aromatic rings. The monoisotopic (exact) mass is 320 g/mol. The summed E-state index contributed by atoms with van der Waals surface area (Å²) in [6.07, 6.45) is 3.30. The third-order valence-electron chi connectivity index (χ3n) is 4.03. The topological polar surface area (TPSA) is 65.7 Å². The van der Waals surface area contributed by atoms with Gasteiger partial charge in [-0.3, -0.25) is 0 Å². The molecule has 2 amide bonds. The summed E-state index contributed by atoms with van der Waals surface area (Å²) in [5.41, 5.74) is 1.12. The molecule has 0 spiro atoms. The summed E-state index contributed by atoms with van der Waals surface area (Å²) >= 11 is 1.62. The van der Waals surface area contributed by atoms with Crippen molar-refractivity contribution in [1.82, 2.24) is 10.2 Å². The Morgan fingerprint density at radius 1 is 1.55 bits per heavy atom. The van der Waals surface area contributed by atoms with Crippen LogP contribution < -0.4 is 5.32 Å².